The molecule has 0 saturated heterocycles. The Balaban J connectivity index is 1.53. The molecule has 1 aromatic carbocycles. The summed E-state index contributed by atoms with van der Waals surface area (Å²) in [5.74, 6) is 1.26. The molecule has 0 unspecified atom stereocenters. The first kappa shape index (κ1) is 15.9. The second kappa shape index (κ2) is 7.55. The van der Waals surface area contributed by atoms with Gasteiger partial charge in [-0.3, -0.25) is 9.78 Å². The molecule has 0 spiro atoms. The van der Waals surface area contributed by atoms with E-state index in [-0.39, 0.29) is 11.9 Å². The van der Waals surface area contributed by atoms with E-state index in [0.29, 0.717) is 18.7 Å². The van der Waals surface area contributed by atoms with E-state index in [9.17, 15) is 4.79 Å². The van der Waals surface area contributed by atoms with E-state index in [4.69, 9.17) is 4.42 Å². The van der Waals surface area contributed by atoms with Gasteiger partial charge in [-0.1, -0.05) is 30.3 Å². The molecule has 0 aliphatic rings. The second-order valence-corrected chi connectivity index (χ2v) is 5.55. The van der Waals surface area contributed by atoms with Crippen LogP contribution in [0.25, 0.3) is 11.3 Å². The lowest BCUT2D eigenvalue weighted by Crippen LogP contribution is -2.26. The van der Waals surface area contributed by atoms with Gasteiger partial charge in [-0.2, -0.15) is 0 Å². The quantitative estimate of drug-likeness (QED) is 0.754. The minimum absolute atomic E-state index is 0.0289. The van der Waals surface area contributed by atoms with Gasteiger partial charge in [0.2, 0.25) is 5.91 Å². The van der Waals surface area contributed by atoms with Crippen molar-refractivity contribution in [2.45, 2.75) is 25.8 Å². The lowest BCUT2D eigenvalue weighted by Gasteiger charge is -2.13. The van der Waals surface area contributed by atoms with Crippen LogP contribution < -0.4 is 5.32 Å². The molecule has 2 heterocycles. The zero-order valence-electron chi connectivity index (χ0n) is 13.5. The van der Waals surface area contributed by atoms with Gasteiger partial charge in [0.15, 0.2) is 11.7 Å². The van der Waals surface area contributed by atoms with Crippen LogP contribution in [0.2, 0.25) is 0 Å². The molecule has 0 bridgehead atoms. The predicted octanol–water partition coefficient (Wildman–Crippen LogP) is 3.55. The summed E-state index contributed by atoms with van der Waals surface area (Å²) in [4.78, 5) is 20.3. The topological polar surface area (TPSA) is 68.0 Å². The number of hydrogen-bond acceptors (Lipinski definition) is 4. The van der Waals surface area contributed by atoms with Crippen LogP contribution in [0, 0.1) is 0 Å². The lowest BCUT2D eigenvalue weighted by molar-refractivity contribution is -0.121. The third-order valence-corrected chi connectivity index (χ3v) is 3.76. The van der Waals surface area contributed by atoms with Crippen molar-refractivity contribution in [3.8, 4) is 11.3 Å². The molecule has 0 aliphatic carbocycles. The molecule has 1 N–H and O–H groups in total. The molecule has 122 valence electrons. The van der Waals surface area contributed by atoms with Crippen molar-refractivity contribution in [3.63, 3.8) is 0 Å². The summed E-state index contributed by atoms with van der Waals surface area (Å²) >= 11 is 0. The summed E-state index contributed by atoms with van der Waals surface area (Å²) in [6.45, 7) is 1.95. The molecule has 3 aromatic rings. The Morgan fingerprint density at radius 2 is 1.92 bits per heavy atom. The predicted molar refractivity (Wildman–Crippen MR) is 91.1 cm³/mol. The Kier molecular flexibility index (Phi) is 5.01. The number of aromatic nitrogens is 2. The Hall–Kier alpha value is -2.95. The molecule has 0 fully saturated rings. The van der Waals surface area contributed by atoms with Crippen molar-refractivity contribution in [1.82, 2.24) is 15.3 Å². The molecule has 1 atom stereocenters. The van der Waals surface area contributed by atoms with Crippen LogP contribution in [0.4, 0.5) is 0 Å². The van der Waals surface area contributed by atoms with Gasteiger partial charge in [-0.15, -0.1) is 0 Å². The summed E-state index contributed by atoms with van der Waals surface area (Å²) in [5, 5.41) is 2.97. The van der Waals surface area contributed by atoms with E-state index in [2.05, 4.69) is 15.3 Å². The number of rotatable bonds is 6. The zero-order valence-corrected chi connectivity index (χ0v) is 13.5. The van der Waals surface area contributed by atoms with Crippen molar-refractivity contribution in [2.75, 3.05) is 0 Å². The van der Waals surface area contributed by atoms with Gasteiger partial charge in [0.1, 0.15) is 0 Å². The number of nitrogens with one attached hydrogen (secondary N) is 1. The standard InChI is InChI=1S/C19H19N3O2/c1-14(15-9-11-20-12-10-15)22-18(23)7-8-19-21-13-17(24-19)16-5-3-2-4-6-16/h2-6,9-14H,7-8H2,1H3,(H,22,23)/t14-/m1/s1. The summed E-state index contributed by atoms with van der Waals surface area (Å²) in [6.07, 6.45) is 5.94. The maximum atomic E-state index is 12.1. The van der Waals surface area contributed by atoms with Gasteiger partial charge in [-0.05, 0) is 24.6 Å². The summed E-state index contributed by atoms with van der Waals surface area (Å²) in [7, 11) is 0. The highest BCUT2D eigenvalue weighted by Gasteiger charge is 2.12. The average molecular weight is 321 g/mol. The highest BCUT2D eigenvalue weighted by atomic mass is 16.4. The molecular weight excluding hydrogens is 302 g/mol. The fourth-order valence-electron chi connectivity index (χ4n) is 2.43. The average Bonchev–Trinajstić information content (AvgIpc) is 3.10. The number of hydrogen-bond donors (Lipinski definition) is 1. The van der Waals surface area contributed by atoms with Crippen molar-refractivity contribution in [3.05, 3.63) is 72.5 Å². The number of carbonyl (C=O) groups is 1. The summed E-state index contributed by atoms with van der Waals surface area (Å²) < 4.78 is 5.71. The first-order valence-electron chi connectivity index (χ1n) is 7.92. The largest absolute Gasteiger partial charge is 0.441 e. The maximum absolute atomic E-state index is 12.1. The molecule has 3 rings (SSSR count). The van der Waals surface area contributed by atoms with Crippen LogP contribution in [0.5, 0.6) is 0 Å². The van der Waals surface area contributed by atoms with Crippen molar-refractivity contribution >= 4 is 5.91 Å². The number of benzene rings is 1. The second-order valence-electron chi connectivity index (χ2n) is 5.55. The molecule has 0 radical (unpaired) electrons. The van der Waals surface area contributed by atoms with Gasteiger partial charge in [0, 0.05) is 30.8 Å². The molecule has 0 saturated carbocycles. The van der Waals surface area contributed by atoms with E-state index < -0.39 is 0 Å². The van der Waals surface area contributed by atoms with E-state index in [0.717, 1.165) is 16.9 Å². The normalized spacial score (nSPS) is 11.9. The fourth-order valence-corrected chi connectivity index (χ4v) is 2.43. The molecule has 5 nitrogen and oxygen atoms in total. The monoisotopic (exact) mass is 321 g/mol. The highest BCUT2D eigenvalue weighted by molar-refractivity contribution is 5.76. The molecule has 1 amide bonds. The smallest absolute Gasteiger partial charge is 0.220 e. The van der Waals surface area contributed by atoms with Gasteiger partial charge < -0.3 is 9.73 Å². The lowest BCUT2D eigenvalue weighted by atomic mass is 10.1. The van der Waals surface area contributed by atoms with Crippen molar-refractivity contribution < 1.29 is 9.21 Å². The number of aryl methyl sites for hydroxylation is 1. The number of carbonyl (C=O) groups excluding carboxylic acids is 1. The Bertz CT molecular complexity index is 785. The summed E-state index contributed by atoms with van der Waals surface area (Å²) in [5.41, 5.74) is 2.01. The number of nitrogens with zero attached hydrogens (tertiary/aromatic N) is 2. The number of amides is 1. The maximum Gasteiger partial charge on any atom is 0.220 e. The van der Waals surface area contributed by atoms with Gasteiger partial charge in [0.05, 0.1) is 12.2 Å². The van der Waals surface area contributed by atoms with Crippen LogP contribution in [-0.2, 0) is 11.2 Å². The van der Waals surface area contributed by atoms with Crippen molar-refractivity contribution in [2.24, 2.45) is 0 Å². The van der Waals surface area contributed by atoms with Gasteiger partial charge in [0.25, 0.3) is 0 Å². The van der Waals surface area contributed by atoms with Crippen LogP contribution in [0.15, 0.2) is 65.5 Å². The highest BCUT2D eigenvalue weighted by Crippen LogP contribution is 2.20. The number of oxazole rings is 1. The third-order valence-electron chi connectivity index (χ3n) is 3.76. The molecule has 24 heavy (non-hydrogen) atoms. The van der Waals surface area contributed by atoms with E-state index >= 15 is 0 Å². The van der Waals surface area contributed by atoms with Crippen molar-refractivity contribution in [1.29, 1.82) is 0 Å². The minimum Gasteiger partial charge on any atom is -0.441 e. The van der Waals surface area contributed by atoms with E-state index in [1.165, 1.54) is 0 Å². The van der Waals surface area contributed by atoms with Crippen LogP contribution in [-0.4, -0.2) is 15.9 Å². The molecule has 5 heteroatoms. The third kappa shape index (κ3) is 4.07. The van der Waals surface area contributed by atoms with Crippen LogP contribution in [0.1, 0.15) is 30.8 Å². The van der Waals surface area contributed by atoms with E-state index in [1.807, 2.05) is 49.4 Å². The Labute approximate surface area is 140 Å². The molecular formula is C19H19N3O2. The number of pyridine rings is 1. The SMILES string of the molecule is C[C@@H](NC(=O)CCc1ncc(-c2ccccc2)o1)c1ccncc1. The van der Waals surface area contributed by atoms with E-state index in [1.54, 1.807) is 18.6 Å². The fraction of sp³-hybridized carbons (Fsp3) is 0.211. The first-order valence-corrected chi connectivity index (χ1v) is 7.92. The van der Waals surface area contributed by atoms with Gasteiger partial charge in [-0.25, -0.2) is 4.98 Å². The minimum atomic E-state index is -0.0510. The van der Waals surface area contributed by atoms with Crippen LogP contribution >= 0.6 is 0 Å². The molecule has 0 aliphatic heterocycles. The van der Waals surface area contributed by atoms with Gasteiger partial charge >= 0.3 is 0 Å². The Morgan fingerprint density at radius 1 is 1.17 bits per heavy atom. The molecule has 2 aromatic heterocycles. The first-order chi connectivity index (χ1) is 11.7. The van der Waals surface area contributed by atoms with Crippen LogP contribution in [0.3, 0.4) is 0 Å². The summed E-state index contributed by atoms with van der Waals surface area (Å²) in [6, 6.07) is 13.5. The zero-order chi connectivity index (χ0) is 16.8. The Morgan fingerprint density at radius 3 is 2.67 bits per heavy atom.